The van der Waals surface area contributed by atoms with E-state index in [1.165, 1.54) is 0 Å². The quantitative estimate of drug-likeness (QED) is 0.790. The summed E-state index contributed by atoms with van der Waals surface area (Å²) in [5.41, 5.74) is 2.27. The second-order valence-electron chi connectivity index (χ2n) is 4.40. The van der Waals surface area contributed by atoms with Crippen LogP contribution in [0.25, 0.3) is 5.88 Å². The molecule has 0 bridgehead atoms. The zero-order chi connectivity index (χ0) is 11.9. The van der Waals surface area contributed by atoms with Crippen molar-refractivity contribution in [2.75, 3.05) is 7.05 Å². The minimum Gasteiger partial charge on any atom is -0.475 e. The number of hydrogen-bond acceptors (Lipinski definition) is 2. The first-order valence-electron chi connectivity index (χ1n) is 5.46. The van der Waals surface area contributed by atoms with Crippen molar-refractivity contribution in [3.05, 3.63) is 28.7 Å². The first-order chi connectivity index (χ1) is 7.50. The summed E-state index contributed by atoms with van der Waals surface area (Å²) in [6, 6.07) is 3.95. The molecule has 0 saturated heterocycles. The highest BCUT2D eigenvalue weighted by atomic mass is 35.5. The summed E-state index contributed by atoms with van der Waals surface area (Å²) in [7, 11) is 2.06. The van der Waals surface area contributed by atoms with Gasteiger partial charge in [0.05, 0.1) is 18.3 Å². The van der Waals surface area contributed by atoms with Crippen LogP contribution < -0.4 is 0 Å². The van der Waals surface area contributed by atoms with Gasteiger partial charge in [-0.2, -0.15) is 0 Å². The molecule has 0 saturated carbocycles. The average molecular weight is 241 g/mol. The summed E-state index contributed by atoms with van der Waals surface area (Å²) in [4.78, 5) is 2.17. The molecule has 16 heavy (non-hydrogen) atoms. The fourth-order valence-corrected chi connectivity index (χ4v) is 2.10. The van der Waals surface area contributed by atoms with Gasteiger partial charge in [-0.25, -0.2) is 0 Å². The van der Waals surface area contributed by atoms with Gasteiger partial charge >= 0.3 is 0 Å². The molecular formula is C12H17ClN2O. The van der Waals surface area contributed by atoms with Crippen molar-refractivity contribution in [3.63, 3.8) is 0 Å². The Hall–Kier alpha value is -1.09. The SMILES string of the molecule is CC1=C(OC(C)C)n2c(Cl)ccc2CN1C. The van der Waals surface area contributed by atoms with Crippen molar-refractivity contribution in [2.24, 2.45) is 0 Å². The van der Waals surface area contributed by atoms with Gasteiger partial charge in [0.1, 0.15) is 5.15 Å². The second-order valence-corrected chi connectivity index (χ2v) is 4.78. The third kappa shape index (κ3) is 1.80. The first kappa shape index (κ1) is 11.4. The zero-order valence-electron chi connectivity index (χ0n) is 10.1. The predicted molar refractivity (Wildman–Crippen MR) is 66.0 cm³/mol. The Bertz CT molecular complexity index is 434. The van der Waals surface area contributed by atoms with Crippen molar-refractivity contribution >= 4 is 17.5 Å². The molecule has 88 valence electrons. The van der Waals surface area contributed by atoms with Gasteiger partial charge in [0, 0.05) is 12.7 Å². The normalized spacial score (nSPS) is 15.8. The lowest BCUT2D eigenvalue weighted by Crippen LogP contribution is -2.27. The van der Waals surface area contributed by atoms with E-state index in [0.717, 1.165) is 23.8 Å². The molecule has 4 heteroatoms. The molecule has 3 nitrogen and oxygen atoms in total. The Labute approximate surface area is 101 Å². The number of aromatic nitrogens is 1. The van der Waals surface area contributed by atoms with Gasteiger partial charge in [0.15, 0.2) is 0 Å². The number of allylic oxidation sites excluding steroid dienone is 1. The van der Waals surface area contributed by atoms with Crippen molar-refractivity contribution in [1.82, 2.24) is 9.47 Å². The molecule has 0 N–H and O–H groups in total. The molecule has 1 aliphatic heterocycles. The van der Waals surface area contributed by atoms with Crippen LogP contribution in [-0.4, -0.2) is 22.6 Å². The second kappa shape index (κ2) is 4.06. The van der Waals surface area contributed by atoms with Crippen LogP contribution in [0.15, 0.2) is 17.8 Å². The smallest absolute Gasteiger partial charge is 0.218 e. The molecule has 1 aromatic heterocycles. The molecule has 0 atom stereocenters. The average Bonchev–Trinajstić information content (AvgIpc) is 2.54. The van der Waals surface area contributed by atoms with E-state index in [1.54, 1.807) is 0 Å². The lowest BCUT2D eigenvalue weighted by Gasteiger charge is -2.31. The van der Waals surface area contributed by atoms with Crippen LogP contribution in [-0.2, 0) is 11.3 Å². The van der Waals surface area contributed by atoms with Gasteiger partial charge in [-0.05, 0) is 32.9 Å². The predicted octanol–water partition coefficient (Wildman–Crippen LogP) is 3.16. The van der Waals surface area contributed by atoms with Gasteiger partial charge in [-0.1, -0.05) is 11.6 Å². The molecule has 0 fully saturated rings. The van der Waals surface area contributed by atoms with Gasteiger partial charge < -0.3 is 9.64 Å². The van der Waals surface area contributed by atoms with E-state index in [2.05, 4.69) is 18.9 Å². The minimum atomic E-state index is 0.141. The summed E-state index contributed by atoms with van der Waals surface area (Å²) < 4.78 is 7.84. The van der Waals surface area contributed by atoms with Crippen LogP contribution in [0.3, 0.4) is 0 Å². The van der Waals surface area contributed by atoms with Gasteiger partial charge in [0.2, 0.25) is 5.88 Å². The van der Waals surface area contributed by atoms with Gasteiger partial charge in [0.25, 0.3) is 0 Å². The Morgan fingerprint density at radius 2 is 2.06 bits per heavy atom. The van der Waals surface area contributed by atoms with Crippen LogP contribution in [0.5, 0.6) is 0 Å². The molecule has 1 aliphatic rings. The fraction of sp³-hybridized carbons (Fsp3) is 0.500. The molecule has 0 aliphatic carbocycles. The van der Waals surface area contributed by atoms with Gasteiger partial charge in [-0.3, -0.25) is 4.57 Å². The highest BCUT2D eigenvalue weighted by Gasteiger charge is 2.23. The number of fused-ring (bicyclic) bond motifs is 1. The minimum absolute atomic E-state index is 0.141. The van der Waals surface area contributed by atoms with Gasteiger partial charge in [-0.15, -0.1) is 0 Å². The zero-order valence-corrected chi connectivity index (χ0v) is 10.9. The molecule has 0 unspecified atom stereocenters. The fourth-order valence-electron chi connectivity index (χ4n) is 1.85. The Kier molecular flexibility index (Phi) is 2.89. The van der Waals surface area contributed by atoms with Crippen LogP contribution >= 0.6 is 11.6 Å². The molecule has 2 rings (SSSR count). The highest BCUT2D eigenvalue weighted by Crippen LogP contribution is 2.30. The van der Waals surface area contributed by atoms with Crippen molar-refractivity contribution in [2.45, 2.75) is 33.4 Å². The Morgan fingerprint density at radius 1 is 1.38 bits per heavy atom. The summed E-state index contributed by atoms with van der Waals surface area (Å²) in [5.74, 6) is 0.841. The standard InChI is InChI=1S/C12H17ClN2O/c1-8(2)16-12-9(3)14(4)7-10-5-6-11(13)15(10)12/h5-6,8H,7H2,1-4H3. The van der Waals surface area contributed by atoms with E-state index in [-0.39, 0.29) is 6.10 Å². The molecule has 0 radical (unpaired) electrons. The van der Waals surface area contributed by atoms with E-state index >= 15 is 0 Å². The van der Waals surface area contributed by atoms with Crippen LogP contribution in [0.2, 0.25) is 5.15 Å². The number of halogens is 1. The summed E-state index contributed by atoms with van der Waals surface area (Å²) >= 11 is 6.18. The van der Waals surface area contributed by atoms with Crippen LogP contribution in [0, 0.1) is 0 Å². The summed E-state index contributed by atoms with van der Waals surface area (Å²) in [6.45, 7) is 6.96. The molecular weight excluding hydrogens is 224 g/mol. The summed E-state index contributed by atoms with van der Waals surface area (Å²) in [6.07, 6.45) is 0.141. The molecule has 1 aromatic rings. The third-order valence-electron chi connectivity index (χ3n) is 2.75. The Balaban J connectivity index is 2.50. The van der Waals surface area contributed by atoms with E-state index in [1.807, 2.05) is 30.5 Å². The maximum Gasteiger partial charge on any atom is 0.218 e. The molecule has 0 amide bonds. The third-order valence-corrected chi connectivity index (χ3v) is 3.04. The van der Waals surface area contributed by atoms with E-state index in [0.29, 0.717) is 5.15 Å². The molecule has 2 heterocycles. The maximum absolute atomic E-state index is 6.18. The topological polar surface area (TPSA) is 17.4 Å². The Morgan fingerprint density at radius 3 is 2.69 bits per heavy atom. The number of rotatable bonds is 2. The van der Waals surface area contributed by atoms with Crippen molar-refractivity contribution < 1.29 is 4.74 Å². The van der Waals surface area contributed by atoms with Crippen LogP contribution in [0.4, 0.5) is 0 Å². The van der Waals surface area contributed by atoms with Crippen molar-refractivity contribution in [3.8, 4) is 0 Å². The monoisotopic (exact) mass is 240 g/mol. The number of ether oxygens (including phenoxy) is 1. The van der Waals surface area contributed by atoms with Crippen molar-refractivity contribution in [1.29, 1.82) is 0 Å². The summed E-state index contributed by atoms with van der Waals surface area (Å²) in [5, 5.41) is 0.707. The van der Waals surface area contributed by atoms with E-state index in [9.17, 15) is 0 Å². The highest BCUT2D eigenvalue weighted by molar-refractivity contribution is 6.30. The first-order valence-corrected chi connectivity index (χ1v) is 5.83. The molecule has 0 aromatic carbocycles. The van der Waals surface area contributed by atoms with E-state index < -0.39 is 0 Å². The lowest BCUT2D eigenvalue weighted by molar-refractivity contribution is 0.173. The maximum atomic E-state index is 6.18. The number of hydrogen-bond donors (Lipinski definition) is 0. The number of nitrogens with zero attached hydrogens (tertiary/aromatic N) is 2. The molecule has 0 spiro atoms. The van der Waals surface area contributed by atoms with E-state index in [4.69, 9.17) is 16.3 Å². The largest absolute Gasteiger partial charge is 0.475 e. The van der Waals surface area contributed by atoms with Crippen LogP contribution in [0.1, 0.15) is 26.5 Å². The lowest BCUT2D eigenvalue weighted by atomic mass is 10.3.